The number of nitrogens with zero attached hydrogens (tertiary/aromatic N) is 4. The number of hydrogen-bond acceptors (Lipinski definition) is 8. The highest BCUT2D eigenvalue weighted by molar-refractivity contribution is 9.10. The number of rotatable bonds is 9. The third-order valence-corrected chi connectivity index (χ3v) is 6.34. The van der Waals surface area contributed by atoms with E-state index >= 15 is 0 Å². The first-order valence-electron chi connectivity index (χ1n) is 12.8. The van der Waals surface area contributed by atoms with Crippen LogP contribution in [0.4, 0.5) is 15.8 Å². The van der Waals surface area contributed by atoms with Gasteiger partial charge >= 0.3 is 5.69 Å². The molecule has 0 aliphatic carbocycles. The van der Waals surface area contributed by atoms with Crippen LogP contribution < -0.4 is 20.3 Å². The Morgan fingerprint density at radius 2 is 1.93 bits per heavy atom. The third-order valence-electron chi connectivity index (χ3n) is 5.85. The monoisotopic (exact) mass is 639 g/mol. The molecule has 0 spiro atoms. The van der Waals surface area contributed by atoms with Crippen molar-refractivity contribution in [1.29, 1.82) is 0 Å². The third kappa shape index (κ3) is 6.79. The van der Waals surface area contributed by atoms with Crippen molar-refractivity contribution in [2.45, 2.75) is 33.1 Å². The summed E-state index contributed by atoms with van der Waals surface area (Å²) in [5.74, 6) is -1.28. The van der Waals surface area contributed by atoms with E-state index < -0.39 is 39.9 Å². The van der Waals surface area contributed by atoms with Crippen LogP contribution in [0.3, 0.4) is 0 Å². The zero-order chi connectivity index (χ0) is 30.6. The van der Waals surface area contributed by atoms with E-state index in [0.717, 1.165) is 0 Å². The van der Waals surface area contributed by atoms with Gasteiger partial charge in [0.25, 0.3) is 11.5 Å². The molecule has 218 valence electrons. The fraction of sp³-hybridized carbons (Fsp3) is 0.241. The molecule has 0 unspecified atom stereocenters. The van der Waals surface area contributed by atoms with Crippen molar-refractivity contribution in [3.8, 4) is 11.5 Å². The lowest BCUT2D eigenvalue weighted by Gasteiger charge is -2.21. The first kappa shape index (κ1) is 30.3. The second kappa shape index (κ2) is 12.5. The molecular weight excluding hydrogens is 613 g/mol. The van der Waals surface area contributed by atoms with Gasteiger partial charge in [-0.3, -0.25) is 19.7 Å². The Morgan fingerprint density at radius 1 is 1.19 bits per heavy atom. The first-order valence-corrected chi connectivity index (χ1v) is 13.6. The molecule has 13 heteroatoms. The standard InChI is InChI=1S/C29H27BrFN5O6/c1-5-41-24-13-17(12-23(36(39)40)26(24)42-16-25(37)33-22-9-7-6-8-20(22)31)15-32-35-27(38)19-14-18(30)10-11-21(19)34-28(35)29(2,3)4/h6-15H,5,16H2,1-4H3,(H,33,37). The summed E-state index contributed by atoms with van der Waals surface area (Å²) < 4.78 is 26.8. The quantitative estimate of drug-likeness (QED) is 0.139. The first-order chi connectivity index (χ1) is 19.9. The largest absolute Gasteiger partial charge is 0.490 e. The van der Waals surface area contributed by atoms with Crippen molar-refractivity contribution in [2.75, 3.05) is 18.5 Å². The molecule has 1 amide bonds. The lowest BCUT2D eigenvalue weighted by molar-refractivity contribution is -0.385. The molecule has 4 rings (SSSR count). The van der Waals surface area contributed by atoms with Gasteiger partial charge in [0, 0.05) is 21.5 Å². The van der Waals surface area contributed by atoms with E-state index in [9.17, 15) is 24.1 Å². The lowest BCUT2D eigenvalue weighted by atomic mass is 9.95. The lowest BCUT2D eigenvalue weighted by Crippen LogP contribution is -2.29. The maximum atomic E-state index is 13.9. The Hall–Kier alpha value is -4.65. The van der Waals surface area contributed by atoms with Gasteiger partial charge in [-0.1, -0.05) is 48.8 Å². The van der Waals surface area contributed by atoms with Crippen molar-refractivity contribution in [2.24, 2.45) is 5.10 Å². The average Bonchev–Trinajstić information content (AvgIpc) is 2.92. The molecule has 1 N–H and O–H groups in total. The van der Waals surface area contributed by atoms with Gasteiger partial charge in [0.05, 0.1) is 34.3 Å². The number of anilines is 1. The van der Waals surface area contributed by atoms with Gasteiger partial charge in [-0.25, -0.2) is 9.37 Å². The van der Waals surface area contributed by atoms with Gasteiger partial charge in [0.2, 0.25) is 5.75 Å². The van der Waals surface area contributed by atoms with Crippen LogP contribution in [0.1, 0.15) is 39.1 Å². The zero-order valence-corrected chi connectivity index (χ0v) is 24.8. The highest BCUT2D eigenvalue weighted by atomic mass is 79.9. The Morgan fingerprint density at radius 3 is 2.60 bits per heavy atom. The summed E-state index contributed by atoms with van der Waals surface area (Å²) in [6.07, 6.45) is 1.28. The van der Waals surface area contributed by atoms with Crippen molar-refractivity contribution < 1.29 is 23.6 Å². The molecule has 4 aromatic rings. The molecule has 11 nitrogen and oxygen atoms in total. The summed E-state index contributed by atoms with van der Waals surface area (Å²) in [6, 6.07) is 13.4. The number of hydrogen-bond donors (Lipinski definition) is 1. The molecule has 0 saturated heterocycles. The summed E-state index contributed by atoms with van der Waals surface area (Å²) in [5, 5.41) is 19.1. The van der Waals surface area contributed by atoms with Gasteiger partial charge < -0.3 is 14.8 Å². The van der Waals surface area contributed by atoms with Crippen molar-refractivity contribution >= 4 is 50.3 Å². The minimum absolute atomic E-state index is 0.0178. The van der Waals surface area contributed by atoms with Gasteiger partial charge in [0.1, 0.15) is 11.6 Å². The van der Waals surface area contributed by atoms with E-state index in [1.54, 1.807) is 31.2 Å². The van der Waals surface area contributed by atoms with E-state index in [0.29, 0.717) is 21.2 Å². The van der Waals surface area contributed by atoms with Crippen LogP contribution in [-0.4, -0.2) is 39.9 Å². The number of nitro groups is 1. The fourth-order valence-electron chi connectivity index (χ4n) is 3.98. The van der Waals surface area contributed by atoms with E-state index in [1.165, 1.54) is 41.2 Å². The maximum Gasteiger partial charge on any atom is 0.315 e. The second-order valence-electron chi connectivity index (χ2n) is 10.1. The van der Waals surface area contributed by atoms with Crippen molar-refractivity contribution in [3.05, 3.63) is 96.7 Å². The summed E-state index contributed by atoms with van der Waals surface area (Å²) in [4.78, 5) is 41.8. The smallest absolute Gasteiger partial charge is 0.315 e. The summed E-state index contributed by atoms with van der Waals surface area (Å²) in [5.41, 5.74) is -0.796. The van der Waals surface area contributed by atoms with Crippen molar-refractivity contribution in [3.63, 3.8) is 0 Å². The van der Waals surface area contributed by atoms with Crippen LogP contribution in [0.25, 0.3) is 10.9 Å². The van der Waals surface area contributed by atoms with Crippen LogP contribution in [0, 0.1) is 15.9 Å². The number of benzene rings is 3. The molecule has 1 aromatic heterocycles. The molecule has 1 heterocycles. The SMILES string of the molecule is CCOc1cc(C=Nn2c(C(C)(C)C)nc3ccc(Br)cc3c2=O)cc([N+](=O)[O-])c1OCC(=O)Nc1ccccc1F. The van der Waals surface area contributed by atoms with E-state index in [1.807, 2.05) is 20.8 Å². The number of carbonyl (C=O) groups is 1. The Labute approximate surface area is 248 Å². The Balaban J connectivity index is 1.72. The number of nitro benzene ring substituents is 1. The minimum atomic E-state index is -0.730. The molecule has 0 atom stereocenters. The predicted molar refractivity (Wildman–Crippen MR) is 160 cm³/mol. The van der Waals surface area contributed by atoms with Crippen molar-refractivity contribution in [1.82, 2.24) is 9.66 Å². The normalized spacial score (nSPS) is 11.6. The van der Waals surface area contributed by atoms with Gasteiger partial charge in [-0.05, 0) is 43.3 Å². The molecule has 42 heavy (non-hydrogen) atoms. The maximum absolute atomic E-state index is 13.9. The van der Waals surface area contributed by atoms with Gasteiger partial charge in [-0.15, -0.1) is 0 Å². The Bertz CT molecular complexity index is 1770. The highest BCUT2D eigenvalue weighted by Gasteiger charge is 2.25. The molecular formula is C29H27BrFN5O6. The number of para-hydroxylation sites is 1. The number of carbonyl (C=O) groups excluding carboxylic acids is 1. The number of halogens is 2. The molecule has 0 saturated carbocycles. The predicted octanol–water partition coefficient (Wildman–Crippen LogP) is 5.80. The number of ether oxygens (including phenoxy) is 2. The van der Waals surface area contributed by atoms with Crippen LogP contribution >= 0.6 is 15.9 Å². The number of amides is 1. The average molecular weight is 640 g/mol. The second-order valence-corrected chi connectivity index (χ2v) is 11.0. The van der Waals surface area contributed by atoms with E-state index in [-0.39, 0.29) is 29.4 Å². The number of fused-ring (bicyclic) bond motifs is 1. The molecule has 0 radical (unpaired) electrons. The van der Waals surface area contributed by atoms with E-state index in [4.69, 9.17) is 9.47 Å². The van der Waals surface area contributed by atoms with Crippen LogP contribution in [0.5, 0.6) is 11.5 Å². The molecule has 0 aliphatic rings. The summed E-state index contributed by atoms with van der Waals surface area (Å²) >= 11 is 3.37. The molecule has 3 aromatic carbocycles. The molecule has 0 aliphatic heterocycles. The topological polar surface area (TPSA) is 138 Å². The van der Waals surface area contributed by atoms with Crippen LogP contribution in [0.2, 0.25) is 0 Å². The zero-order valence-electron chi connectivity index (χ0n) is 23.2. The summed E-state index contributed by atoms with van der Waals surface area (Å²) in [6.45, 7) is 6.82. The highest BCUT2D eigenvalue weighted by Crippen LogP contribution is 2.38. The van der Waals surface area contributed by atoms with Gasteiger partial charge in [-0.2, -0.15) is 9.78 Å². The minimum Gasteiger partial charge on any atom is -0.490 e. The summed E-state index contributed by atoms with van der Waals surface area (Å²) in [7, 11) is 0. The van der Waals surface area contributed by atoms with Gasteiger partial charge in [0.15, 0.2) is 12.4 Å². The number of nitrogens with one attached hydrogen (secondary N) is 1. The fourth-order valence-corrected chi connectivity index (χ4v) is 4.34. The molecule has 0 fully saturated rings. The molecule has 0 bridgehead atoms. The number of aromatic nitrogens is 2. The Kier molecular flexibility index (Phi) is 9.00. The van der Waals surface area contributed by atoms with E-state index in [2.05, 4.69) is 31.3 Å². The van der Waals surface area contributed by atoms with Crippen LogP contribution in [0.15, 0.2) is 69.0 Å². The van der Waals surface area contributed by atoms with Crippen LogP contribution in [-0.2, 0) is 10.2 Å².